The van der Waals surface area contributed by atoms with Crippen molar-refractivity contribution in [2.24, 2.45) is 0 Å². The van der Waals surface area contributed by atoms with E-state index in [-0.39, 0.29) is 29.1 Å². The fourth-order valence-electron chi connectivity index (χ4n) is 2.85. The molecule has 0 spiro atoms. The van der Waals surface area contributed by atoms with Gasteiger partial charge in [-0.15, -0.1) is 0 Å². The van der Waals surface area contributed by atoms with E-state index in [4.69, 9.17) is 14.2 Å². The molecule has 0 bridgehead atoms. The van der Waals surface area contributed by atoms with Crippen molar-refractivity contribution in [1.82, 2.24) is 5.32 Å². The van der Waals surface area contributed by atoms with Crippen molar-refractivity contribution in [3.8, 4) is 23.3 Å². The van der Waals surface area contributed by atoms with E-state index >= 15 is 0 Å². The third-order valence-electron chi connectivity index (χ3n) is 4.70. The largest absolute Gasteiger partial charge is 0.493 e. The molecule has 1 N–H and O–H groups in total. The second kappa shape index (κ2) is 11.7. The third kappa shape index (κ3) is 7.69. The van der Waals surface area contributed by atoms with E-state index in [0.29, 0.717) is 17.9 Å². The number of benzene rings is 2. The molecule has 0 aromatic heterocycles. The van der Waals surface area contributed by atoms with Gasteiger partial charge in [-0.2, -0.15) is 5.26 Å². The number of carbonyl (C=O) groups is 2. The normalized spacial score (nSPS) is 11.3. The van der Waals surface area contributed by atoms with Crippen molar-refractivity contribution in [3.63, 3.8) is 0 Å². The molecular weight excluding hydrogens is 420 g/mol. The van der Waals surface area contributed by atoms with Crippen molar-refractivity contribution in [3.05, 3.63) is 59.2 Å². The average molecular weight is 451 g/mol. The lowest BCUT2D eigenvalue weighted by atomic mass is 9.87. The Morgan fingerprint density at radius 3 is 2.36 bits per heavy atom. The number of nitriles is 1. The van der Waals surface area contributed by atoms with Crippen molar-refractivity contribution in [2.45, 2.75) is 39.5 Å². The molecular formula is C26H30N2O5. The Hall–Kier alpha value is -3.79. The first-order chi connectivity index (χ1) is 15.7. The lowest BCUT2D eigenvalue weighted by molar-refractivity contribution is -0.136. The van der Waals surface area contributed by atoms with Crippen LogP contribution >= 0.6 is 0 Å². The van der Waals surface area contributed by atoms with E-state index in [0.717, 1.165) is 6.42 Å². The molecule has 0 fully saturated rings. The van der Waals surface area contributed by atoms with Gasteiger partial charge in [0.2, 0.25) is 0 Å². The van der Waals surface area contributed by atoms with E-state index in [1.165, 1.54) is 18.7 Å². The van der Waals surface area contributed by atoms with Gasteiger partial charge in [0.25, 0.3) is 5.91 Å². The minimum absolute atomic E-state index is 0.0267. The highest BCUT2D eigenvalue weighted by Gasteiger charge is 2.15. The summed E-state index contributed by atoms with van der Waals surface area (Å²) in [5, 5.41) is 11.9. The van der Waals surface area contributed by atoms with E-state index in [9.17, 15) is 14.9 Å². The van der Waals surface area contributed by atoms with Gasteiger partial charge in [-0.1, -0.05) is 45.9 Å². The van der Waals surface area contributed by atoms with Gasteiger partial charge >= 0.3 is 5.97 Å². The number of nitrogens with one attached hydrogen (secondary N) is 1. The Bertz CT molecular complexity index is 1040. The lowest BCUT2D eigenvalue weighted by Crippen LogP contribution is -2.25. The quantitative estimate of drug-likeness (QED) is 0.263. The van der Waals surface area contributed by atoms with Crippen LogP contribution in [0.3, 0.4) is 0 Å². The van der Waals surface area contributed by atoms with Crippen LogP contribution in [0, 0.1) is 11.3 Å². The van der Waals surface area contributed by atoms with Crippen LogP contribution in [0.25, 0.3) is 6.08 Å². The Morgan fingerprint density at radius 2 is 1.79 bits per heavy atom. The molecule has 2 rings (SSSR count). The fraction of sp³-hybridized carbons (Fsp3) is 0.346. The van der Waals surface area contributed by atoms with Crippen molar-refractivity contribution >= 4 is 18.0 Å². The van der Waals surface area contributed by atoms with Gasteiger partial charge < -0.3 is 19.5 Å². The highest BCUT2D eigenvalue weighted by atomic mass is 16.6. The number of esters is 1. The topological polar surface area (TPSA) is 97.7 Å². The molecule has 0 saturated heterocycles. The summed E-state index contributed by atoms with van der Waals surface area (Å²) in [5.41, 5.74) is 1.73. The Balaban J connectivity index is 2.04. The standard InChI is InChI=1S/C26H30N2O5/c1-6-13-28-25(30)19(16-27)14-18-7-12-22(23(15-18)31-5)33-24(29)17-32-21-10-8-20(9-11-21)26(2,3)4/h7-12,14-15H,6,13,17H2,1-5H3,(H,28,30)/b19-14+. The average Bonchev–Trinajstić information content (AvgIpc) is 2.80. The van der Waals surface area contributed by atoms with E-state index in [1.807, 2.05) is 37.3 Å². The summed E-state index contributed by atoms with van der Waals surface area (Å²) in [7, 11) is 1.44. The van der Waals surface area contributed by atoms with Crippen LogP contribution in [0.5, 0.6) is 17.2 Å². The summed E-state index contributed by atoms with van der Waals surface area (Å²) in [6.45, 7) is 8.51. The second-order valence-electron chi connectivity index (χ2n) is 8.37. The molecule has 174 valence electrons. The predicted molar refractivity (Wildman–Crippen MR) is 126 cm³/mol. The maximum absolute atomic E-state index is 12.3. The lowest BCUT2D eigenvalue weighted by Gasteiger charge is -2.19. The summed E-state index contributed by atoms with van der Waals surface area (Å²) in [4.78, 5) is 24.3. The van der Waals surface area contributed by atoms with Crippen LogP contribution in [0.2, 0.25) is 0 Å². The summed E-state index contributed by atoms with van der Waals surface area (Å²) in [5.74, 6) is 0.0330. The van der Waals surface area contributed by atoms with Crippen LogP contribution in [0.4, 0.5) is 0 Å². The molecule has 0 atom stereocenters. The molecule has 0 heterocycles. The maximum atomic E-state index is 12.3. The maximum Gasteiger partial charge on any atom is 0.349 e. The number of carbonyl (C=O) groups excluding carboxylic acids is 2. The minimum atomic E-state index is -0.590. The van der Waals surface area contributed by atoms with E-state index in [2.05, 4.69) is 26.1 Å². The van der Waals surface area contributed by atoms with E-state index < -0.39 is 11.9 Å². The van der Waals surface area contributed by atoms with Gasteiger partial charge in [0.05, 0.1) is 7.11 Å². The van der Waals surface area contributed by atoms with Gasteiger partial charge in [-0.3, -0.25) is 4.79 Å². The number of methoxy groups -OCH3 is 1. The van der Waals surface area contributed by atoms with Crippen molar-refractivity contribution < 1.29 is 23.8 Å². The summed E-state index contributed by atoms with van der Waals surface area (Å²) >= 11 is 0. The van der Waals surface area contributed by atoms with Crippen LogP contribution in [-0.4, -0.2) is 32.1 Å². The van der Waals surface area contributed by atoms with Crippen LogP contribution in [0.1, 0.15) is 45.2 Å². The first kappa shape index (κ1) is 25.5. The molecule has 0 radical (unpaired) electrons. The van der Waals surface area contributed by atoms with Crippen LogP contribution in [-0.2, 0) is 15.0 Å². The van der Waals surface area contributed by atoms with Gasteiger partial charge in [-0.25, -0.2) is 4.79 Å². The molecule has 33 heavy (non-hydrogen) atoms. The van der Waals surface area contributed by atoms with Crippen LogP contribution in [0.15, 0.2) is 48.0 Å². The number of hydrogen-bond donors (Lipinski definition) is 1. The number of amides is 1. The number of rotatable bonds is 9. The zero-order valence-corrected chi connectivity index (χ0v) is 19.7. The molecule has 0 aliphatic rings. The van der Waals surface area contributed by atoms with Crippen molar-refractivity contribution in [1.29, 1.82) is 5.26 Å². The summed E-state index contributed by atoms with van der Waals surface area (Å²) < 4.78 is 16.2. The molecule has 7 heteroatoms. The molecule has 0 saturated carbocycles. The second-order valence-corrected chi connectivity index (χ2v) is 8.37. The zero-order chi connectivity index (χ0) is 24.4. The predicted octanol–water partition coefficient (Wildman–Crippen LogP) is 4.41. The Labute approximate surface area is 195 Å². The summed E-state index contributed by atoms with van der Waals surface area (Å²) in [6.07, 6.45) is 2.22. The monoisotopic (exact) mass is 450 g/mol. The van der Waals surface area contributed by atoms with E-state index in [1.54, 1.807) is 18.2 Å². The minimum Gasteiger partial charge on any atom is -0.493 e. The molecule has 0 unspecified atom stereocenters. The fourth-order valence-corrected chi connectivity index (χ4v) is 2.85. The van der Waals surface area contributed by atoms with Gasteiger partial charge in [-0.05, 0) is 53.3 Å². The molecule has 2 aromatic carbocycles. The smallest absolute Gasteiger partial charge is 0.349 e. The highest BCUT2D eigenvalue weighted by molar-refractivity contribution is 6.01. The van der Waals surface area contributed by atoms with Crippen molar-refractivity contribution in [2.75, 3.05) is 20.3 Å². The van der Waals surface area contributed by atoms with Gasteiger partial charge in [0, 0.05) is 6.54 Å². The third-order valence-corrected chi connectivity index (χ3v) is 4.70. The zero-order valence-electron chi connectivity index (χ0n) is 19.7. The summed E-state index contributed by atoms with van der Waals surface area (Å²) in [6, 6.07) is 14.2. The van der Waals surface area contributed by atoms with Gasteiger partial charge in [0.1, 0.15) is 17.4 Å². The van der Waals surface area contributed by atoms with Crippen LogP contribution < -0.4 is 19.5 Å². The first-order valence-electron chi connectivity index (χ1n) is 10.7. The van der Waals surface area contributed by atoms with Gasteiger partial charge in [0.15, 0.2) is 18.1 Å². The Kier molecular flexibility index (Phi) is 9.05. The SMILES string of the molecule is CCCNC(=O)/C(C#N)=C/c1ccc(OC(=O)COc2ccc(C(C)(C)C)cc2)c(OC)c1. The molecule has 1 amide bonds. The Morgan fingerprint density at radius 1 is 1.09 bits per heavy atom. The highest BCUT2D eigenvalue weighted by Crippen LogP contribution is 2.29. The number of hydrogen-bond acceptors (Lipinski definition) is 6. The molecule has 0 aliphatic carbocycles. The molecule has 2 aromatic rings. The first-order valence-corrected chi connectivity index (χ1v) is 10.7. The number of nitrogens with zero attached hydrogens (tertiary/aromatic N) is 1. The molecule has 0 aliphatic heterocycles. The number of ether oxygens (including phenoxy) is 3. The molecule has 7 nitrogen and oxygen atoms in total.